The summed E-state index contributed by atoms with van der Waals surface area (Å²) in [7, 11) is 1.64. The molecule has 0 saturated carbocycles. The molecule has 1 atom stereocenters. The van der Waals surface area contributed by atoms with Crippen LogP contribution in [0.1, 0.15) is 24.5 Å². The van der Waals surface area contributed by atoms with Gasteiger partial charge in [0, 0.05) is 13.3 Å². The minimum atomic E-state index is -0.0557. The first-order valence-corrected chi connectivity index (χ1v) is 7.92. The third kappa shape index (κ3) is 3.54. The number of benzene rings is 2. The summed E-state index contributed by atoms with van der Waals surface area (Å²) in [5.74, 6) is 0.752. The number of amides is 1. The zero-order valence-electron chi connectivity index (χ0n) is 13.8. The van der Waals surface area contributed by atoms with Crippen LogP contribution in [0.4, 0.5) is 0 Å². The highest BCUT2D eigenvalue weighted by Gasteiger charge is 2.28. The number of nitrogens with zero attached hydrogens (tertiary/aromatic N) is 2. The van der Waals surface area contributed by atoms with Crippen LogP contribution >= 0.6 is 0 Å². The van der Waals surface area contributed by atoms with Crippen molar-refractivity contribution in [2.45, 2.75) is 19.4 Å². The molecule has 3 rings (SSSR count). The first-order chi connectivity index (χ1) is 11.7. The number of rotatable bonds is 4. The van der Waals surface area contributed by atoms with E-state index in [0.29, 0.717) is 6.42 Å². The van der Waals surface area contributed by atoms with E-state index in [0.717, 1.165) is 22.6 Å². The highest BCUT2D eigenvalue weighted by Crippen LogP contribution is 2.23. The van der Waals surface area contributed by atoms with Crippen LogP contribution in [-0.4, -0.2) is 29.8 Å². The highest BCUT2D eigenvalue weighted by molar-refractivity contribution is 6.03. The van der Waals surface area contributed by atoms with Gasteiger partial charge in [-0.3, -0.25) is 4.79 Å². The second-order valence-corrected chi connectivity index (χ2v) is 5.68. The van der Waals surface area contributed by atoms with Gasteiger partial charge in [-0.15, -0.1) is 0 Å². The molecule has 0 aliphatic carbocycles. The first-order valence-electron chi connectivity index (χ1n) is 7.92. The number of methoxy groups -OCH3 is 1. The lowest BCUT2D eigenvalue weighted by Gasteiger charge is -2.16. The lowest BCUT2D eigenvalue weighted by atomic mass is 10.0. The van der Waals surface area contributed by atoms with Crippen LogP contribution in [0.15, 0.2) is 65.8 Å². The Morgan fingerprint density at radius 3 is 2.50 bits per heavy atom. The molecule has 0 saturated heterocycles. The van der Waals surface area contributed by atoms with Gasteiger partial charge in [-0.1, -0.05) is 42.5 Å². The molecule has 0 N–H and O–H groups in total. The van der Waals surface area contributed by atoms with Crippen molar-refractivity contribution >= 4 is 17.7 Å². The maximum absolute atomic E-state index is 11.9. The molecule has 24 heavy (non-hydrogen) atoms. The second-order valence-electron chi connectivity index (χ2n) is 5.68. The summed E-state index contributed by atoms with van der Waals surface area (Å²) in [6, 6.07) is 17.8. The van der Waals surface area contributed by atoms with Crippen molar-refractivity contribution in [1.82, 2.24) is 5.01 Å². The molecule has 2 aromatic carbocycles. The van der Waals surface area contributed by atoms with Crippen molar-refractivity contribution in [1.29, 1.82) is 0 Å². The Labute approximate surface area is 142 Å². The molecule has 0 radical (unpaired) electrons. The number of hydrogen-bond donors (Lipinski definition) is 0. The number of ether oxygens (including phenoxy) is 1. The average molecular weight is 320 g/mol. The molecule has 1 heterocycles. The van der Waals surface area contributed by atoms with E-state index < -0.39 is 0 Å². The molecule has 4 nitrogen and oxygen atoms in total. The van der Waals surface area contributed by atoms with E-state index in [1.807, 2.05) is 66.7 Å². The van der Waals surface area contributed by atoms with Crippen LogP contribution in [0.25, 0.3) is 6.08 Å². The number of carbonyl (C=O) groups is 1. The Kier molecular flexibility index (Phi) is 4.75. The van der Waals surface area contributed by atoms with Crippen molar-refractivity contribution in [2.75, 3.05) is 7.11 Å². The number of hydrogen-bond acceptors (Lipinski definition) is 3. The van der Waals surface area contributed by atoms with E-state index in [1.165, 1.54) is 0 Å². The maximum Gasteiger partial charge on any atom is 0.240 e. The zero-order valence-corrected chi connectivity index (χ0v) is 13.8. The smallest absolute Gasteiger partial charge is 0.240 e. The van der Waals surface area contributed by atoms with E-state index >= 15 is 0 Å². The van der Waals surface area contributed by atoms with E-state index in [9.17, 15) is 4.79 Å². The van der Waals surface area contributed by atoms with Gasteiger partial charge in [0.05, 0.1) is 18.9 Å². The first kappa shape index (κ1) is 16.0. The van der Waals surface area contributed by atoms with E-state index in [2.05, 4.69) is 5.10 Å². The Morgan fingerprint density at radius 2 is 1.88 bits per heavy atom. The van der Waals surface area contributed by atoms with Crippen molar-refractivity contribution < 1.29 is 9.53 Å². The van der Waals surface area contributed by atoms with Crippen LogP contribution in [0, 0.1) is 0 Å². The van der Waals surface area contributed by atoms with Gasteiger partial charge >= 0.3 is 0 Å². The van der Waals surface area contributed by atoms with Crippen LogP contribution in [0.3, 0.4) is 0 Å². The Bertz CT molecular complexity index is 764. The predicted octanol–water partition coefficient (Wildman–Crippen LogP) is 3.73. The summed E-state index contributed by atoms with van der Waals surface area (Å²) in [4.78, 5) is 11.9. The summed E-state index contributed by atoms with van der Waals surface area (Å²) in [6.45, 7) is 1.55. The van der Waals surface area contributed by atoms with Gasteiger partial charge in [-0.05, 0) is 35.4 Å². The third-order valence-electron chi connectivity index (χ3n) is 4.00. The summed E-state index contributed by atoms with van der Waals surface area (Å²) in [5.41, 5.74) is 3.03. The molecule has 0 bridgehead atoms. The Morgan fingerprint density at radius 1 is 1.17 bits per heavy atom. The van der Waals surface area contributed by atoms with Crippen LogP contribution in [0.5, 0.6) is 5.75 Å². The standard InChI is InChI=1S/C20H20N2O2/c1-15(23)22-18(11-8-16-6-4-3-5-7-16)14-20(21-22)17-9-12-19(24-2)13-10-17/h3-13,18H,14H2,1-2H3/b11-8+. The predicted molar refractivity (Wildman–Crippen MR) is 95.9 cm³/mol. The van der Waals surface area contributed by atoms with Crippen LogP contribution in [-0.2, 0) is 4.79 Å². The molecule has 0 spiro atoms. The molecule has 122 valence electrons. The molecule has 2 aromatic rings. The minimum Gasteiger partial charge on any atom is -0.497 e. The quantitative estimate of drug-likeness (QED) is 0.861. The number of hydrazone groups is 1. The fourth-order valence-electron chi connectivity index (χ4n) is 2.73. The Hall–Kier alpha value is -2.88. The average Bonchev–Trinajstić information content (AvgIpc) is 3.05. The molecule has 0 aromatic heterocycles. The molecule has 0 fully saturated rings. The third-order valence-corrected chi connectivity index (χ3v) is 4.00. The summed E-state index contributed by atoms with van der Waals surface area (Å²) >= 11 is 0. The van der Waals surface area contributed by atoms with Crippen molar-refractivity contribution in [3.05, 3.63) is 71.8 Å². The lowest BCUT2D eigenvalue weighted by molar-refractivity contribution is -0.129. The zero-order chi connectivity index (χ0) is 16.9. The van der Waals surface area contributed by atoms with Crippen LogP contribution < -0.4 is 4.74 Å². The molecular weight excluding hydrogens is 300 g/mol. The minimum absolute atomic E-state index is 0.0544. The van der Waals surface area contributed by atoms with Gasteiger partial charge in [0.1, 0.15) is 5.75 Å². The number of carbonyl (C=O) groups excluding carboxylic acids is 1. The fourth-order valence-corrected chi connectivity index (χ4v) is 2.73. The van der Waals surface area contributed by atoms with E-state index in [1.54, 1.807) is 19.0 Å². The fraction of sp³-hybridized carbons (Fsp3) is 0.200. The van der Waals surface area contributed by atoms with Gasteiger partial charge in [0.2, 0.25) is 5.91 Å². The van der Waals surface area contributed by atoms with E-state index in [4.69, 9.17) is 4.74 Å². The van der Waals surface area contributed by atoms with E-state index in [-0.39, 0.29) is 11.9 Å². The monoisotopic (exact) mass is 320 g/mol. The molecule has 1 amide bonds. The van der Waals surface area contributed by atoms with Crippen molar-refractivity contribution in [3.8, 4) is 5.75 Å². The van der Waals surface area contributed by atoms with Gasteiger partial charge in [-0.2, -0.15) is 5.10 Å². The molecular formula is C20H20N2O2. The largest absolute Gasteiger partial charge is 0.497 e. The lowest BCUT2D eigenvalue weighted by Crippen LogP contribution is -2.29. The Balaban J connectivity index is 1.80. The second kappa shape index (κ2) is 7.13. The van der Waals surface area contributed by atoms with Crippen LogP contribution in [0.2, 0.25) is 0 Å². The molecule has 1 aliphatic heterocycles. The summed E-state index contributed by atoms with van der Waals surface area (Å²) in [6.07, 6.45) is 4.78. The van der Waals surface area contributed by atoms with Crippen molar-refractivity contribution in [3.63, 3.8) is 0 Å². The molecule has 1 unspecified atom stereocenters. The van der Waals surface area contributed by atoms with Gasteiger partial charge in [-0.25, -0.2) is 5.01 Å². The molecule has 1 aliphatic rings. The molecule has 4 heteroatoms. The summed E-state index contributed by atoms with van der Waals surface area (Å²) < 4.78 is 5.18. The SMILES string of the molecule is COc1ccc(C2=NN(C(C)=O)C(/C=C/c3ccccc3)C2)cc1. The highest BCUT2D eigenvalue weighted by atomic mass is 16.5. The van der Waals surface area contributed by atoms with Gasteiger partial charge in [0.15, 0.2) is 0 Å². The van der Waals surface area contributed by atoms with Gasteiger partial charge < -0.3 is 4.74 Å². The van der Waals surface area contributed by atoms with Gasteiger partial charge in [0.25, 0.3) is 0 Å². The normalized spacial score (nSPS) is 17.2. The maximum atomic E-state index is 11.9. The summed E-state index contributed by atoms with van der Waals surface area (Å²) in [5, 5.41) is 6.07. The van der Waals surface area contributed by atoms with Crippen molar-refractivity contribution in [2.24, 2.45) is 5.10 Å². The topological polar surface area (TPSA) is 41.9 Å².